The summed E-state index contributed by atoms with van der Waals surface area (Å²) in [5, 5.41) is 5.38. The monoisotopic (exact) mass is 437 g/mol. The molecule has 4 rings (SSSR count). The number of ether oxygens (including phenoxy) is 1. The van der Waals surface area contributed by atoms with Gasteiger partial charge in [0.15, 0.2) is 0 Å². The normalized spacial score (nSPS) is 14.5. The van der Waals surface area contributed by atoms with E-state index in [9.17, 15) is 9.59 Å². The van der Waals surface area contributed by atoms with Crippen molar-refractivity contribution in [3.63, 3.8) is 0 Å². The van der Waals surface area contributed by atoms with Crippen molar-refractivity contribution in [2.24, 2.45) is 0 Å². The number of methoxy groups -OCH3 is 1. The number of amides is 2. The molecule has 0 bridgehead atoms. The molecule has 1 N–H and O–H groups in total. The number of halogens is 1. The molecule has 160 valence electrons. The zero-order valence-electron chi connectivity index (χ0n) is 17.3. The lowest BCUT2D eigenvalue weighted by Gasteiger charge is -2.34. The summed E-state index contributed by atoms with van der Waals surface area (Å²) in [4.78, 5) is 29.4. The quantitative estimate of drug-likeness (QED) is 0.657. The summed E-state index contributed by atoms with van der Waals surface area (Å²) in [5.41, 5.74) is 1.16. The lowest BCUT2D eigenvalue weighted by atomic mass is 10.0. The molecule has 1 fully saturated rings. The Balaban J connectivity index is 1.37. The Kier molecular flexibility index (Phi) is 6.39. The van der Waals surface area contributed by atoms with Gasteiger partial charge in [0.1, 0.15) is 5.75 Å². The molecule has 1 heterocycles. The molecule has 0 atom stereocenters. The number of benzene rings is 3. The maximum absolute atomic E-state index is 13.2. The van der Waals surface area contributed by atoms with E-state index in [-0.39, 0.29) is 18.4 Å². The Morgan fingerprint density at radius 3 is 2.29 bits per heavy atom. The number of para-hydroxylation sites is 1. The number of nitrogens with zero attached hydrogens (tertiary/aromatic N) is 2. The minimum atomic E-state index is -0.121. The predicted octanol–water partition coefficient (Wildman–Crippen LogP) is 3.90. The van der Waals surface area contributed by atoms with Crippen LogP contribution >= 0.6 is 11.6 Å². The van der Waals surface area contributed by atoms with Crippen molar-refractivity contribution in [3.05, 3.63) is 71.2 Å². The molecule has 0 unspecified atom stereocenters. The van der Waals surface area contributed by atoms with E-state index in [1.54, 1.807) is 19.2 Å². The van der Waals surface area contributed by atoms with Crippen molar-refractivity contribution >= 4 is 39.9 Å². The summed E-state index contributed by atoms with van der Waals surface area (Å²) < 4.78 is 5.48. The largest absolute Gasteiger partial charge is 0.496 e. The van der Waals surface area contributed by atoms with Crippen LogP contribution in [0.25, 0.3) is 10.8 Å². The standard InChI is InChI=1S/C24H24ClN3O3/c1-31-22-15-18-7-3-2-6-17(18)14-19(22)24(30)28-12-10-27(11-13-28)16-23(29)26-21-9-5-4-8-20(21)25/h2-9,14-15H,10-13,16H2,1H3,(H,26,29). The predicted molar refractivity (Wildman–Crippen MR) is 123 cm³/mol. The van der Waals surface area contributed by atoms with Crippen molar-refractivity contribution < 1.29 is 14.3 Å². The molecule has 6 nitrogen and oxygen atoms in total. The van der Waals surface area contributed by atoms with Crippen LogP contribution in [0.1, 0.15) is 10.4 Å². The Hall–Kier alpha value is -3.09. The third-order valence-corrected chi connectivity index (χ3v) is 5.80. The van der Waals surface area contributed by atoms with Gasteiger partial charge in [0, 0.05) is 26.2 Å². The average Bonchev–Trinajstić information content (AvgIpc) is 2.79. The molecule has 1 aliphatic rings. The lowest BCUT2D eigenvalue weighted by molar-refractivity contribution is -0.117. The number of hydrogen-bond donors (Lipinski definition) is 1. The number of rotatable bonds is 5. The molecule has 1 aliphatic heterocycles. The molecule has 3 aromatic carbocycles. The van der Waals surface area contributed by atoms with Gasteiger partial charge in [0.05, 0.1) is 29.9 Å². The number of anilines is 1. The first kappa shape index (κ1) is 21.2. The van der Waals surface area contributed by atoms with Crippen LogP contribution < -0.4 is 10.1 Å². The van der Waals surface area contributed by atoms with E-state index in [0.29, 0.717) is 48.2 Å². The van der Waals surface area contributed by atoms with Gasteiger partial charge in [-0.15, -0.1) is 0 Å². The number of carbonyl (C=O) groups is 2. The van der Waals surface area contributed by atoms with Gasteiger partial charge in [-0.05, 0) is 35.0 Å². The molecule has 0 radical (unpaired) electrons. The number of fused-ring (bicyclic) bond motifs is 1. The highest BCUT2D eigenvalue weighted by Gasteiger charge is 2.25. The summed E-state index contributed by atoms with van der Waals surface area (Å²) in [6.45, 7) is 2.60. The zero-order valence-corrected chi connectivity index (χ0v) is 18.1. The van der Waals surface area contributed by atoms with Crippen LogP contribution in [0, 0.1) is 0 Å². The fourth-order valence-corrected chi connectivity index (χ4v) is 3.97. The molecular weight excluding hydrogens is 414 g/mol. The van der Waals surface area contributed by atoms with E-state index in [1.807, 2.05) is 58.3 Å². The summed E-state index contributed by atoms with van der Waals surface area (Å²) >= 11 is 6.10. The maximum atomic E-state index is 13.2. The molecule has 0 aromatic heterocycles. The number of piperazine rings is 1. The maximum Gasteiger partial charge on any atom is 0.257 e. The lowest BCUT2D eigenvalue weighted by Crippen LogP contribution is -2.50. The molecule has 2 amide bonds. The van der Waals surface area contributed by atoms with Crippen LogP contribution in [0.4, 0.5) is 5.69 Å². The van der Waals surface area contributed by atoms with Crippen molar-refractivity contribution in [2.75, 3.05) is 45.2 Å². The third kappa shape index (κ3) is 4.81. The van der Waals surface area contributed by atoms with Gasteiger partial charge < -0.3 is 15.0 Å². The van der Waals surface area contributed by atoms with Crippen LogP contribution in [-0.4, -0.2) is 61.4 Å². The third-order valence-electron chi connectivity index (χ3n) is 5.47. The molecule has 3 aromatic rings. The molecule has 0 saturated carbocycles. The van der Waals surface area contributed by atoms with Crippen molar-refractivity contribution in [1.82, 2.24) is 9.80 Å². The van der Waals surface area contributed by atoms with E-state index in [0.717, 1.165) is 10.8 Å². The fraction of sp³-hybridized carbons (Fsp3) is 0.250. The Bertz CT molecular complexity index is 1110. The number of carbonyl (C=O) groups excluding carboxylic acids is 2. The van der Waals surface area contributed by atoms with E-state index in [2.05, 4.69) is 5.32 Å². The Labute approximate surface area is 186 Å². The zero-order chi connectivity index (χ0) is 21.8. The van der Waals surface area contributed by atoms with Crippen LogP contribution in [0.3, 0.4) is 0 Å². The van der Waals surface area contributed by atoms with Gasteiger partial charge in [-0.25, -0.2) is 0 Å². The van der Waals surface area contributed by atoms with E-state index in [1.165, 1.54) is 0 Å². The van der Waals surface area contributed by atoms with Gasteiger partial charge in [-0.3, -0.25) is 14.5 Å². The van der Waals surface area contributed by atoms with Gasteiger partial charge in [-0.2, -0.15) is 0 Å². The smallest absolute Gasteiger partial charge is 0.257 e. The number of nitrogens with one attached hydrogen (secondary N) is 1. The summed E-state index contributed by atoms with van der Waals surface area (Å²) in [6.07, 6.45) is 0. The van der Waals surface area contributed by atoms with E-state index in [4.69, 9.17) is 16.3 Å². The van der Waals surface area contributed by atoms with Gasteiger partial charge in [0.2, 0.25) is 5.91 Å². The van der Waals surface area contributed by atoms with Crippen LogP contribution in [0.15, 0.2) is 60.7 Å². The second-order valence-electron chi connectivity index (χ2n) is 7.50. The highest BCUT2D eigenvalue weighted by atomic mass is 35.5. The molecule has 0 aliphatic carbocycles. The summed E-state index contributed by atoms with van der Waals surface area (Å²) in [7, 11) is 1.58. The topological polar surface area (TPSA) is 61.9 Å². The molecule has 31 heavy (non-hydrogen) atoms. The first-order valence-electron chi connectivity index (χ1n) is 10.2. The van der Waals surface area contributed by atoms with E-state index < -0.39 is 0 Å². The van der Waals surface area contributed by atoms with Gasteiger partial charge in [0.25, 0.3) is 5.91 Å². The minimum absolute atomic E-state index is 0.0530. The Morgan fingerprint density at radius 2 is 1.61 bits per heavy atom. The number of hydrogen-bond acceptors (Lipinski definition) is 4. The summed E-state index contributed by atoms with van der Waals surface area (Å²) in [6, 6.07) is 18.8. The van der Waals surface area contributed by atoms with Crippen LogP contribution in [0.2, 0.25) is 5.02 Å². The van der Waals surface area contributed by atoms with Crippen molar-refractivity contribution in [1.29, 1.82) is 0 Å². The highest BCUT2D eigenvalue weighted by Crippen LogP contribution is 2.27. The minimum Gasteiger partial charge on any atom is -0.496 e. The Morgan fingerprint density at radius 1 is 0.968 bits per heavy atom. The second-order valence-corrected chi connectivity index (χ2v) is 7.90. The first-order chi connectivity index (χ1) is 15.0. The molecule has 7 heteroatoms. The van der Waals surface area contributed by atoms with E-state index >= 15 is 0 Å². The summed E-state index contributed by atoms with van der Waals surface area (Å²) in [5.74, 6) is 0.400. The van der Waals surface area contributed by atoms with Crippen LogP contribution in [-0.2, 0) is 4.79 Å². The van der Waals surface area contributed by atoms with Crippen molar-refractivity contribution in [2.45, 2.75) is 0 Å². The fourth-order valence-electron chi connectivity index (χ4n) is 3.79. The SMILES string of the molecule is COc1cc2ccccc2cc1C(=O)N1CCN(CC(=O)Nc2ccccc2Cl)CC1. The molecular formula is C24H24ClN3O3. The van der Waals surface area contributed by atoms with Crippen LogP contribution in [0.5, 0.6) is 5.75 Å². The molecule has 0 spiro atoms. The molecule has 1 saturated heterocycles. The van der Waals surface area contributed by atoms with Crippen molar-refractivity contribution in [3.8, 4) is 5.75 Å². The average molecular weight is 438 g/mol. The second kappa shape index (κ2) is 9.37. The first-order valence-corrected chi connectivity index (χ1v) is 10.6. The van der Waals surface area contributed by atoms with Gasteiger partial charge >= 0.3 is 0 Å². The highest BCUT2D eigenvalue weighted by molar-refractivity contribution is 6.33. The van der Waals surface area contributed by atoms with Gasteiger partial charge in [-0.1, -0.05) is 48.0 Å².